The normalized spacial score (nSPS) is 22.2. The lowest BCUT2D eigenvalue weighted by Gasteiger charge is -2.17. The Morgan fingerprint density at radius 2 is 2.00 bits per heavy atom. The molecule has 3 aromatic rings. The molecule has 7 heteroatoms. The predicted molar refractivity (Wildman–Crippen MR) is 104 cm³/mol. The first kappa shape index (κ1) is 18.1. The lowest BCUT2D eigenvalue weighted by Crippen LogP contribution is -2.35. The largest absolute Gasteiger partial charge is 0.391 e. The van der Waals surface area contributed by atoms with Gasteiger partial charge in [-0.15, -0.1) is 0 Å². The van der Waals surface area contributed by atoms with Gasteiger partial charge in [0.1, 0.15) is 6.33 Å². The third-order valence-electron chi connectivity index (χ3n) is 5.06. The zero-order valence-electron chi connectivity index (χ0n) is 14.9. The fourth-order valence-electron chi connectivity index (χ4n) is 3.75. The van der Waals surface area contributed by atoms with Gasteiger partial charge in [0.15, 0.2) is 0 Å². The Kier molecular flexibility index (Phi) is 5.48. The van der Waals surface area contributed by atoms with E-state index >= 15 is 0 Å². The van der Waals surface area contributed by atoms with E-state index in [9.17, 15) is 5.11 Å². The minimum atomic E-state index is -0.341. The fraction of sp³-hybridized carbons (Fsp3) is 0.350. The van der Waals surface area contributed by atoms with Crippen molar-refractivity contribution in [3.63, 3.8) is 0 Å². The first-order valence-corrected chi connectivity index (χ1v) is 9.49. The van der Waals surface area contributed by atoms with Crippen LogP contribution in [0.1, 0.15) is 18.4 Å². The van der Waals surface area contributed by atoms with E-state index in [0.29, 0.717) is 17.5 Å². The number of halogens is 1. The predicted octanol–water partition coefficient (Wildman–Crippen LogP) is 2.92. The molecule has 0 radical (unpaired) electrons. The summed E-state index contributed by atoms with van der Waals surface area (Å²) in [5, 5.41) is 18.8. The quantitative estimate of drug-likeness (QED) is 0.684. The van der Waals surface area contributed by atoms with Crippen molar-refractivity contribution in [2.24, 2.45) is 5.92 Å². The second kappa shape index (κ2) is 8.17. The molecule has 0 aliphatic heterocycles. The molecule has 3 atom stereocenters. The van der Waals surface area contributed by atoms with E-state index in [1.54, 1.807) is 6.20 Å². The van der Waals surface area contributed by atoms with Crippen LogP contribution in [-0.4, -0.2) is 37.0 Å². The van der Waals surface area contributed by atoms with Crippen LogP contribution >= 0.6 is 11.6 Å². The summed E-state index contributed by atoms with van der Waals surface area (Å²) in [5.74, 6) is 0.390. The molecule has 1 aliphatic carbocycles. The molecule has 1 saturated carbocycles. The molecule has 2 heterocycles. The molecule has 2 N–H and O–H groups in total. The molecule has 6 nitrogen and oxygen atoms in total. The summed E-state index contributed by atoms with van der Waals surface area (Å²) in [6, 6.07) is 8.40. The number of aliphatic hydroxyl groups is 1. The molecule has 1 unspecified atom stereocenters. The Morgan fingerprint density at radius 3 is 2.78 bits per heavy atom. The Labute approximate surface area is 163 Å². The molecule has 4 rings (SSSR count). The smallest absolute Gasteiger partial charge is 0.115 e. The maximum Gasteiger partial charge on any atom is 0.115 e. The van der Waals surface area contributed by atoms with Crippen LogP contribution in [0.5, 0.6) is 0 Å². The molecular weight excluding hydrogens is 362 g/mol. The van der Waals surface area contributed by atoms with Gasteiger partial charge in [0, 0.05) is 43.3 Å². The van der Waals surface area contributed by atoms with Crippen molar-refractivity contribution in [1.29, 1.82) is 0 Å². The highest BCUT2D eigenvalue weighted by Gasteiger charge is 2.32. The van der Waals surface area contributed by atoms with E-state index in [-0.39, 0.29) is 12.1 Å². The van der Waals surface area contributed by atoms with Crippen LogP contribution < -0.4 is 5.32 Å². The van der Waals surface area contributed by atoms with Crippen molar-refractivity contribution >= 4 is 11.6 Å². The Bertz CT molecular complexity index is 885. The molecule has 140 valence electrons. The molecule has 1 aromatic carbocycles. The van der Waals surface area contributed by atoms with Crippen molar-refractivity contribution in [3.05, 3.63) is 66.0 Å². The van der Waals surface area contributed by atoms with Gasteiger partial charge in [-0.25, -0.2) is 9.97 Å². The molecule has 0 saturated heterocycles. The zero-order valence-corrected chi connectivity index (χ0v) is 15.6. The monoisotopic (exact) mass is 383 g/mol. The van der Waals surface area contributed by atoms with Crippen LogP contribution in [0.4, 0.5) is 0 Å². The van der Waals surface area contributed by atoms with E-state index in [1.807, 2.05) is 29.3 Å². The van der Waals surface area contributed by atoms with Crippen molar-refractivity contribution < 1.29 is 5.11 Å². The Morgan fingerprint density at radius 1 is 1.15 bits per heavy atom. The summed E-state index contributed by atoms with van der Waals surface area (Å²) in [7, 11) is 0. The lowest BCUT2D eigenvalue weighted by molar-refractivity contribution is 0.145. The van der Waals surface area contributed by atoms with Crippen molar-refractivity contribution in [2.75, 3.05) is 0 Å². The van der Waals surface area contributed by atoms with Crippen molar-refractivity contribution in [3.8, 4) is 11.1 Å². The maximum absolute atomic E-state index is 10.4. The third-order valence-corrected chi connectivity index (χ3v) is 5.26. The lowest BCUT2D eigenvalue weighted by atomic mass is 10.1. The first-order chi connectivity index (χ1) is 13.2. The number of aliphatic hydroxyl groups excluding tert-OH is 1. The number of hydrogen-bond acceptors (Lipinski definition) is 5. The van der Waals surface area contributed by atoms with Crippen LogP contribution in [0.25, 0.3) is 11.1 Å². The summed E-state index contributed by atoms with van der Waals surface area (Å²) in [6.45, 7) is 1.50. The second-order valence-corrected chi connectivity index (χ2v) is 7.54. The van der Waals surface area contributed by atoms with E-state index in [4.69, 9.17) is 11.6 Å². The Balaban J connectivity index is 1.35. The van der Waals surface area contributed by atoms with E-state index in [2.05, 4.69) is 38.6 Å². The van der Waals surface area contributed by atoms with Crippen molar-refractivity contribution in [1.82, 2.24) is 25.1 Å². The molecule has 0 spiro atoms. The van der Waals surface area contributed by atoms with Crippen LogP contribution in [0.2, 0.25) is 5.02 Å². The van der Waals surface area contributed by atoms with Gasteiger partial charge in [0.05, 0.1) is 17.3 Å². The number of nitrogens with zero attached hydrogens (tertiary/aromatic N) is 4. The zero-order chi connectivity index (χ0) is 18.6. The summed E-state index contributed by atoms with van der Waals surface area (Å²) in [6.07, 6.45) is 9.98. The third kappa shape index (κ3) is 4.53. The topological polar surface area (TPSA) is 75.9 Å². The van der Waals surface area contributed by atoms with Gasteiger partial charge in [-0.2, -0.15) is 5.10 Å². The summed E-state index contributed by atoms with van der Waals surface area (Å²) < 4.78 is 1.85. The molecule has 27 heavy (non-hydrogen) atoms. The highest BCUT2D eigenvalue weighted by Crippen LogP contribution is 2.28. The number of rotatable bonds is 6. The van der Waals surface area contributed by atoms with Crippen LogP contribution in [0.3, 0.4) is 0 Å². The number of aromatic nitrogens is 4. The summed E-state index contributed by atoms with van der Waals surface area (Å²) in [4.78, 5) is 8.16. The van der Waals surface area contributed by atoms with Gasteiger partial charge in [-0.3, -0.25) is 4.68 Å². The molecule has 2 aromatic heterocycles. The average Bonchev–Trinajstić information content (AvgIpc) is 3.26. The molecule has 0 bridgehead atoms. The molecule has 0 amide bonds. The minimum absolute atomic E-state index is 0.0877. The average molecular weight is 384 g/mol. The molecule has 1 fully saturated rings. The summed E-state index contributed by atoms with van der Waals surface area (Å²) >= 11 is 5.92. The Hall–Kier alpha value is -2.28. The van der Waals surface area contributed by atoms with Gasteiger partial charge in [-0.1, -0.05) is 29.8 Å². The van der Waals surface area contributed by atoms with E-state index in [1.165, 1.54) is 11.9 Å². The molecular formula is C20H22ClN5O. The highest BCUT2D eigenvalue weighted by molar-refractivity contribution is 6.30. The van der Waals surface area contributed by atoms with E-state index in [0.717, 1.165) is 30.5 Å². The maximum atomic E-state index is 10.4. The van der Waals surface area contributed by atoms with Gasteiger partial charge < -0.3 is 10.4 Å². The van der Waals surface area contributed by atoms with E-state index < -0.39 is 0 Å². The number of benzene rings is 1. The van der Waals surface area contributed by atoms with Gasteiger partial charge >= 0.3 is 0 Å². The standard InChI is InChI=1S/C20H22ClN5O/c21-18-10-25-26(12-18)11-15-5-19(20(27)6-15)24-7-14-2-1-3-16(4-14)17-8-22-13-23-9-17/h1-4,8-10,12-13,15,19-20,24,27H,5-7,11H2/t15?,19-,20-/m1/s1. The summed E-state index contributed by atoms with van der Waals surface area (Å²) in [5.41, 5.74) is 3.26. The highest BCUT2D eigenvalue weighted by atomic mass is 35.5. The first-order valence-electron chi connectivity index (χ1n) is 9.11. The van der Waals surface area contributed by atoms with Crippen molar-refractivity contribution in [2.45, 2.75) is 38.1 Å². The van der Waals surface area contributed by atoms with Crippen LogP contribution in [-0.2, 0) is 13.1 Å². The second-order valence-electron chi connectivity index (χ2n) is 7.10. The minimum Gasteiger partial charge on any atom is -0.391 e. The number of hydrogen-bond donors (Lipinski definition) is 2. The number of nitrogens with one attached hydrogen (secondary N) is 1. The van der Waals surface area contributed by atoms with Gasteiger partial charge in [-0.05, 0) is 36.0 Å². The fourth-order valence-corrected chi connectivity index (χ4v) is 3.90. The van der Waals surface area contributed by atoms with Crippen LogP contribution in [0.15, 0.2) is 55.4 Å². The van der Waals surface area contributed by atoms with Gasteiger partial charge in [0.2, 0.25) is 0 Å². The molecule has 1 aliphatic rings. The van der Waals surface area contributed by atoms with Gasteiger partial charge in [0.25, 0.3) is 0 Å². The van der Waals surface area contributed by atoms with Crippen LogP contribution in [0, 0.1) is 5.92 Å². The SMILES string of the molecule is O[C@@H]1CC(Cn2cc(Cl)cn2)C[C@H]1NCc1cccc(-c2cncnc2)c1.